The average Bonchev–Trinajstić information content (AvgIpc) is 2.76. The smallest absolute Gasteiger partial charge is 0.267 e. The number of nitrogens with one attached hydrogen (secondary N) is 2. The maximum atomic E-state index is 12.5. The quantitative estimate of drug-likeness (QED) is 0.419. The number of nitriles is 1. The van der Waals surface area contributed by atoms with E-state index in [0.29, 0.717) is 22.9 Å². The Morgan fingerprint density at radius 2 is 1.70 bits per heavy atom. The molecule has 3 aromatic rings. The SMILES string of the molecule is COc1ccc(C)cc1N/C=C(/C#N)C(=O)Nc1ccc(Oc2ccccc2)cc1. The van der Waals surface area contributed by atoms with Crippen molar-refractivity contribution in [2.45, 2.75) is 6.92 Å². The number of rotatable bonds is 7. The lowest BCUT2D eigenvalue weighted by molar-refractivity contribution is -0.112. The van der Waals surface area contributed by atoms with Gasteiger partial charge in [-0.2, -0.15) is 5.26 Å². The largest absolute Gasteiger partial charge is 0.495 e. The lowest BCUT2D eigenvalue weighted by Crippen LogP contribution is -2.14. The first-order valence-corrected chi connectivity index (χ1v) is 9.25. The molecule has 0 aliphatic heterocycles. The van der Waals surface area contributed by atoms with Gasteiger partial charge in [-0.25, -0.2) is 0 Å². The monoisotopic (exact) mass is 399 g/mol. The van der Waals surface area contributed by atoms with Crippen molar-refractivity contribution >= 4 is 17.3 Å². The van der Waals surface area contributed by atoms with Crippen LogP contribution < -0.4 is 20.1 Å². The highest BCUT2D eigenvalue weighted by Crippen LogP contribution is 2.26. The number of aryl methyl sites for hydroxylation is 1. The molecule has 6 nitrogen and oxygen atoms in total. The van der Waals surface area contributed by atoms with Crippen molar-refractivity contribution in [3.63, 3.8) is 0 Å². The van der Waals surface area contributed by atoms with Crippen LogP contribution in [0.4, 0.5) is 11.4 Å². The second kappa shape index (κ2) is 9.80. The van der Waals surface area contributed by atoms with Crippen molar-refractivity contribution in [1.29, 1.82) is 5.26 Å². The van der Waals surface area contributed by atoms with Gasteiger partial charge in [0.25, 0.3) is 5.91 Å². The van der Waals surface area contributed by atoms with E-state index in [1.54, 1.807) is 31.4 Å². The van der Waals surface area contributed by atoms with Crippen LogP contribution >= 0.6 is 0 Å². The van der Waals surface area contributed by atoms with Crippen molar-refractivity contribution in [1.82, 2.24) is 0 Å². The van der Waals surface area contributed by atoms with Crippen LogP contribution in [0.5, 0.6) is 17.2 Å². The maximum absolute atomic E-state index is 12.5. The summed E-state index contributed by atoms with van der Waals surface area (Å²) < 4.78 is 11.0. The van der Waals surface area contributed by atoms with Crippen LogP contribution in [0.1, 0.15) is 5.56 Å². The van der Waals surface area contributed by atoms with Gasteiger partial charge in [-0.1, -0.05) is 24.3 Å². The summed E-state index contributed by atoms with van der Waals surface area (Å²) in [6.07, 6.45) is 1.36. The van der Waals surface area contributed by atoms with Gasteiger partial charge in [0, 0.05) is 11.9 Å². The fourth-order valence-electron chi connectivity index (χ4n) is 2.66. The topological polar surface area (TPSA) is 83.4 Å². The van der Waals surface area contributed by atoms with Gasteiger partial charge in [0.05, 0.1) is 12.8 Å². The number of hydrogen-bond donors (Lipinski definition) is 2. The van der Waals surface area contributed by atoms with E-state index >= 15 is 0 Å². The van der Waals surface area contributed by atoms with Crippen molar-refractivity contribution < 1.29 is 14.3 Å². The van der Waals surface area contributed by atoms with Gasteiger partial charge in [0.2, 0.25) is 0 Å². The normalized spacial score (nSPS) is 10.6. The van der Waals surface area contributed by atoms with Crippen LogP contribution in [-0.4, -0.2) is 13.0 Å². The van der Waals surface area contributed by atoms with Crippen LogP contribution in [0.2, 0.25) is 0 Å². The maximum Gasteiger partial charge on any atom is 0.267 e. The number of anilines is 2. The summed E-state index contributed by atoms with van der Waals surface area (Å²) in [5, 5.41) is 15.0. The molecule has 30 heavy (non-hydrogen) atoms. The molecule has 3 aromatic carbocycles. The number of benzene rings is 3. The van der Waals surface area contributed by atoms with E-state index in [2.05, 4.69) is 10.6 Å². The fraction of sp³-hybridized carbons (Fsp3) is 0.0833. The van der Waals surface area contributed by atoms with E-state index in [1.165, 1.54) is 6.20 Å². The first kappa shape index (κ1) is 20.5. The molecular weight excluding hydrogens is 378 g/mol. The Balaban J connectivity index is 1.66. The molecule has 0 radical (unpaired) electrons. The van der Waals surface area contributed by atoms with Crippen LogP contribution in [0, 0.1) is 18.3 Å². The highest BCUT2D eigenvalue weighted by molar-refractivity contribution is 6.06. The number of para-hydroxylation sites is 1. The first-order valence-electron chi connectivity index (χ1n) is 9.25. The first-order chi connectivity index (χ1) is 14.6. The lowest BCUT2D eigenvalue weighted by Gasteiger charge is -2.10. The molecule has 3 rings (SSSR count). The van der Waals surface area contributed by atoms with E-state index < -0.39 is 5.91 Å². The molecule has 0 aromatic heterocycles. The molecule has 2 N–H and O–H groups in total. The van der Waals surface area contributed by atoms with Crippen molar-refractivity contribution in [3.05, 3.63) is 90.1 Å². The van der Waals surface area contributed by atoms with E-state index in [1.807, 2.05) is 61.5 Å². The minimum atomic E-state index is -0.520. The Kier molecular flexibility index (Phi) is 6.70. The molecule has 0 bridgehead atoms. The molecule has 0 saturated carbocycles. The van der Waals surface area contributed by atoms with Gasteiger partial charge in [0.15, 0.2) is 0 Å². The van der Waals surface area contributed by atoms with Crippen molar-refractivity contribution in [2.24, 2.45) is 0 Å². The average molecular weight is 399 g/mol. The van der Waals surface area contributed by atoms with Gasteiger partial charge >= 0.3 is 0 Å². The summed E-state index contributed by atoms with van der Waals surface area (Å²) in [5.74, 6) is 1.46. The van der Waals surface area contributed by atoms with E-state index in [0.717, 1.165) is 11.3 Å². The Hall–Kier alpha value is -4.24. The Labute approximate surface area is 175 Å². The Morgan fingerprint density at radius 3 is 2.37 bits per heavy atom. The summed E-state index contributed by atoms with van der Waals surface area (Å²) in [4.78, 5) is 12.5. The molecule has 6 heteroatoms. The van der Waals surface area contributed by atoms with E-state index in [9.17, 15) is 10.1 Å². The third kappa shape index (κ3) is 5.40. The number of methoxy groups -OCH3 is 1. The van der Waals surface area contributed by atoms with Crippen LogP contribution in [0.3, 0.4) is 0 Å². The van der Waals surface area contributed by atoms with Gasteiger partial charge in [-0.15, -0.1) is 0 Å². The van der Waals surface area contributed by atoms with Gasteiger partial charge < -0.3 is 20.1 Å². The van der Waals surface area contributed by atoms with Crippen LogP contribution in [-0.2, 0) is 4.79 Å². The Bertz CT molecular complexity index is 1080. The molecule has 1 amide bonds. The number of nitrogens with zero attached hydrogens (tertiary/aromatic N) is 1. The summed E-state index contributed by atoms with van der Waals surface area (Å²) in [5.41, 5.74) is 2.17. The zero-order valence-electron chi connectivity index (χ0n) is 16.7. The second-order valence-corrected chi connectivity index (χ2v) is 6.41. The molecule has 0 saturated heterocycles. The predicted molar refractivity (Wildman–Crippen MR) is 117 cm³/mol. The predicted octanol–water partition coefficient (Wildman–Crippen LogP) is 5.25. The third-order valence-corrected chi connectivity index (χ3v) is 4.18. The summed E-state index contributed by atoms with van der Waals surface area (Å²) in [7, 11) is 1.56. The van der Waals surface area contributed by atoms with Crippen LogP contribution in [0.25, 0.3) is 0 Å². The summed E-state index contributed by atoms with van der Waals surface area (Å²) in [6.45, 7) is 1.94. The minimum Gasteiger partial charge on any atom is -0.495 e. The molecule has 0 aliphatic rings. The third-order valence-electron chi connectivity index (χ3n) is 4.18. The van der Waals surface area contributed by atoms with Crippen molar-refractivity contribution in [2.75, 3.05) is 17.7 Å². The van der Waals surface area contributed by atoms with E-state index in [-0.39, 0.29) is 5.57 Å². The number of ether oxygens (including phenoxy) is 2. The molecule has 0 fully saturated rings. The van der Waals surface area contributed by atoms with Crippen molar-refractivity contribution in [3.8, 4) is 23.3 Å². The minimum absolute atomic E-state index is 0.0665. The van der Waals surface area contributed by atoms with Crippen LogP contribution in [0.15, 0.2) is 84.6 Å². The molecule has 0 spiro atoms. The lowest BCUT2D eigenvalue weighted by atomic mass is 10.2. The van der Waals surface area contributed by atoms with Gasteiger partial charge in [-0.05, 0) is 61.0 Å². The number of amides is 1. The van der Waals surface area contributed by atoms with Gasteiger partial charge in [0.1, 0.15) is 28.9 Å². The standard InChI is InChI=1S/C24H21N3O3/c1-17-8-13-23(29-2)22(14-17)26-16-18(15-25)24(28)27-19-9-11-21(12-10-19)30-20-6-4-3-5-7-20/h3-14,16,26H,1-2H3,(H,27,28)/b18-16-. The second-order valence-electron chi connectivity index (χ2n) is 6.41. The molecule has 0 aliphatic carbocycles. The zero-order valence-corrected chi connectivity index (χ0v) is 16.7. The number of hydrogen-bond acceptors (Lipinski definition) is 5. The zero-order chi connectivity index (χ0) is 21.3. The summed E-state index contributed by atoms with van der Waals surface area (Å²) >= 11 is 0. The highest BCUT2D eigenvalue weighted by atomic mass is 16.5. The van der Waals surface area contributed by atoms with E-state index in [4.69, 9.17) is 9.47 Å². The summed E-state index contributed by atoms with van der Waals surface area (Å²) in [6, 6.07) is 23.8. The molecule has 150 valence electrons. The fourth-order valence-corrected chi connectivity index (χ4v) is 2.66. The molecule has 0 unspecified atom stereocenters. The molecular formula is C24H21N3O3. The molecule has 0 heterocycles. The number of carbonyl (C=O) groups excluding carboxylic acids is 1. The molecule has 0 atom stereocenters. The van der Waals surface area contributed by atoms with Gasteiger partial charge in [-0.3, -0.25) is 4.79 Å². The highest BCUT2D eigenvalue weighted by Gasteiger charge is 2.10. The Morgan fingerprint density at radius 1 is 1.00 bits per heavy atom. The number of carbonyl (C=O) groups is 1.